The van der Waals surface area contributed by atoms with Crippen molar-refractivity contribution >= 4 is 34.9 Å². The van der Waals surface area contributed by atoms with Gasteiger partial charge in [0.15, 0.2) is 0 Å². The molecule has 1 aliphatic carbocycles. The first-order chi connectivity index (χ1) is 9.13. The van der Waals surface area contributed by atoms with Gasteiger partial charge in [-0.2, -0.15) is 0 Å². The largest absolute Gasteiger partial charge is 0.311 e. The molecule has 1 amide bonds. The molecule has 0 atom stereocenters. The molecule has 0 aliphatic heterocycles. The summed E-state index contributed by atoms with van der Waals surface area (Å²) in [5.41, 5.74) is 0. The summed E-state index contributed by atoms with van der Waals surface area (Å²) < 4.78 is 0. The van der Waals surface area contributed by atoms with Gasteiger partial charge in [0.1, 0.15) is 11.0 Å². The van der Waals surface area contributed by atoms with Crippen molar-refractivity contribution in [2.75, 3.05) is 5.32 Å². The average Bonchev–Trinajstić information content (AvgIpc) is 2.55. The molecule has 1 aromatic heterocycles. The zero-order valence-electron chi connectivity index (χ0n) is 10.7. The first-order valence-corrected chi connectivity index (χ1v) is 7.39. The number of hydrogen-bond donors (Lipinski definition) is 1. The lowest BCUT2D eigenvalue weighted by Crippen LogP contribution is -2.17. The van der Waals surface area contributed by atoms with Crippen molar-refractivity contribution in [2.45, 2.75) is 44.9 Å². The molecule has 2 rings (SSSR count). The predicted octanol–water partition coefficient (Wildman–Crippen LogP) is 4.08. The molecule has 19 heavy (non-hydrogen) atoms. The van der Waals surface area contributed by atoms with E-state index in [0.717, 1.165) is 12.8 Å². The topological polar surface area (TPSA) is 54.9 Å². The molecule has 0 bridgehead atoms. The van der Waals surface area contributed by atoms with Crippen LogP contribution in [0, 0.1) is 5.92 Å². The summed E-state index contributed by atoms with van der Waals surface area (Å²) in [4.78, 5) is 19.6. The maximum atomic E-state index is 12.0. The lowest BCUT2D eigenvalue weighted by molar-refractivity contribution is -0.117. The van der Waals surface area contributed by atoms with Crippen LogP contribution >= 0.6 is 23.2 Å². The SMILES string of the molecule is O=C(CC1CCCCCC1)Nc1cc(Cl)nc(Cl)n1. The highest BCUT2D eigenvalue weighted by atomic mass is 35.5. The minimum Gasteiger partial charge on any atom is -0.311 e. The van der Waals surface area contributed by atoms with Gasteiger partial charge in [-0.05, 0) is 30.4 Å². The van der Waals surface area contributed by atoms with Crippen molar-refractivity contribution in [3.05, 3.63) is 16.5 Å². The molecular weight excluding hydrogens is 285 g/mol. The molecule has 1 aromatic rings. The van der Waals surface area contributed by atoms with Crippen LogP contribution in [0.25, 0.3) is 0 Å². The second kappa shape index (κ2) is 7.06. The van der Waals surface area contributed by atoms with E-state index in [1.807, 2.05) is 0 Å². The molecule has 1 aliphatic rings. The van der Waals surface area contributed by atoms with Crippen LogP contribution in [0.3, 0.4) is 0 Å². The van der Waals surface area contributed by atoms with Crippen molar-refractivity contribution in [2.24, 2.45) is 5.92 Å². The summed E-state index contributed by atoms with van der Waals surface area (Å²) in [7, 11) is 0. The maximum Gasteiger partial charge on any atom is 0.225 e. The second-order valence-corrected chi connectivity index (χ2v) is 5.68. The van der Waals surface area contributed by atoms with Gasteiger partial charge in [0.2, 0.25) is 11.2 Å². The number of amides is 1. The highest BCUT2D eigenvalue weighted by Gasteiger charge is 2.16. The summed E-state index contributed by atoms with van der Waals surface area (Å²) in [5.74, 6) is 0.816. The van der Waals surface area contributed by atoms with Crippen molar-refractivity contribution in [1.82, 2.24) is 9.97 Å². The number of halogens is 2. The number of rotatable bonds is 3. The van der Waals surface area contributed by atoms with Gasteiger partial charge < -0.3 is 5.32 Å². The molecule has 1 N–H and O–H groups in total. The van der Waals surface area contributed by atoms with E-state index in [1.165, 1.54) is 31.7 Å². The fourth-order valence-electron chi connectivity index (χ4n) is 2.48. The van der Waals surface area contributed by atoms with Crippen molar-refractivity contribution in [1.29, 1.82) is 0 Å². The molecular formula is C13H17Cl2N3O. The molecule has 1 heterocycles. The molecule has 0 unspecified atom stereocenters. The highest BCUT2D eigenvalue weighted by molar-refractivity contribution is 6.32. The Morgan fingerprint density at radius 3 is 2.53 bits per heavy atom. The van der Waals surface area contributed by atoms with E-state index in [9.17, 15) is 4.79 Å². The molecule has 6 heteroatoms. The van der Waals surface area contributed by atoms with Crippen LogP contribution in [0.5, 0.6) is 0 Å². The Labute approximate surface area is 122 Å². The van der Waals surface area contributed by atoms with Gasteiger partial charge in [0.05, 0.1) is 0 Å². The Morgan fingerprint density at radius 2 is 1.89 bits per heavy atom. The fraction of sp³-hybridized carbons (Fsp3) is 0.615. The van der Waals surface area contributed by atoms with Crippen LogP contribution in [0.2, 0.25) is 10.4 Å². The summed E-state index contributed by atoms with van der Waals surface area (Å²) in [6.45, 7) is 0. The average molecular weight is 302 g/mol. The number of anilines is 1. The van der Waals surface area contributed by atoms with Gasteiger partial charge in [0.25, 0.3) is 0 Å². The normalized spacial score (nSPS) is 16.9. The van der Waals surface area contributed by atoms with Crippen LogP contribution in [0.1, 0.15) is 44.9 Å². The van der Waals surface area contributed by atoms with Crippen molar-refractivity contribution in [3.8, 4) is 0 Å². The maximum absolute atomic E-state index is 12.0. The van der Waals surface area contributed by atoms with Crippen LogP contribution < -0.4 is 5.32 Å². The number of hydrogen-bond acceptors (Lipinski definition) is 3. The molecule has 1 fully saturated rings. The van der Waals surface area contributed by atoms with Gasteiger partial charge in [-0.25, -0.2) is 9.97 Å². The molecule has 104 valence electrons. The Hall–Kier alpha value is -0.870. The van der Waals surface area contributed by atoms with Gasteiger partial charge in [-0.15, -0.1) is 0 Å². The van der Waals surface area contributed by atoms with Crippen LogP contribution in [-0.2, 0) is 4.79 Å². The number of carbonyl (C=O) groups excluding carboxylic acids is 1. The lowest BCUT2D eigenvalue weighted by Gasteiger charge is -2.13. The minimum absolute atomic E-state index is 0.0299. The van der Waals surface area contributed by atoms with E-state index >= 15 is 0 Å². The van der Waals surface area contributed by atoms with Crippen LogP contribution in [-0.4, -0.2) is 15.9 Å². The second-order valence-electron chi connectivity index (χ2n) is 4.95. The molecule has 0 radical (unpaired) electrons. The van der Waals surface area contributed by atoms with Gasteiger partial charge >= 0.3 is 0 Å². The third kappa shape index (κ3) is 4.96. The first-order valence-electron chi connectivity index (χ1n) is 6.63. The third-order valence-corrected chi connectivity index (χ3v) is 3.75. The number of nitrogens with zero attached hydrogens (tertiary/aromatic N) is 2. The quantitative estimate of drug-likeness (QED) is 0.520. The summed E-state index contributed by atoms with van der Waals surface area (Å²) in [5, 5.41) is 3.00. The minimum atomic E-state index is -0.0299. The summed E-state index contributed by atoms with van der Waals surface area (Å²) in [6.07, 6.45) is 7.84. The molecule has 1 saturated carbocycles. The predicted molar refractivity (Wildman–Crippen MR) is 76.5 cm³/mol. The van der Waals surface area contributed by atoms with E-state index in [0.29, 0.717) is 18.2 Å². The van der Waals surface area contributed by atoms with E-state index in [-0.39, 0.29) is 16.3 Å². The van der Waals surface area contributed by atoms with E-state index in [4.69, 9.17) is 23.2 Å². The number of nitrogens with one attached hydrogen (secondary N) is 1. The molecule has 4 nitrogen and oxygen atoms in total. The number of aromatic nitrogens is 2. The molecule has 0 aromatic carbocycles. The summed E-state index contributed by atoms with van der Waals surface area (Å²) in [6, 6.07) is 1.50. The third-order valence-electron chi connectivity index (χ3n) is 3.38. The zero-order valence-corrected chi connectivity index (χ0v) is 12.2. The monoisotopic (exact) mass is 301 g/mol. The van der Waals surface area contributed by atoms with Gasteiger partial charge in [-0.1, -0.05) is 37.3 Å². The smallest absolute Gasteiger partial charge is 0.225 e. The Morgan fingerprint density at radius 1 is 1.21 bits per heavy atom. The van der Waals surface area contributed by atoms with E-state index < -0.39 is 0 Å². The Kier molecular flexibility index (Phi) is 5.40. The van der Waals surface area contributed by atoms with E-state index in [2.05, 4.69) is 15.3 Å². The Balaban J connectivity index is 1.89. The van der Waals surface area contributed by atoms with Gasteiger partial charge in [0, 0.05) is 12.5 Å². The number of carbonyl (C=O) groups is 1. The van der Waals surface area contributed by atoms with Crippen molar-refractivity contribution < 1.29 is 4.79 Å². The lowest BCUT2D eigenvalue weighted by atomic mass is 9.96. The first kappa shape index (κ1) is 14.5. The fourth-order valence-corrected chi connectivity index (χ4v) is 2.89. The Bertz CT molecular complexity index is 425. The molecule has 0 spiro atoms. The molecule has 0 saturated heterocycles. The van der Waals surface area contributed by atoms with Crippen LogP contribution in [0.4, 0.5) is 5.82 Å². The summed E-state index contributed by atoms with van der Waals surface area (Å²) >= 11 is 11.4. The van der Waals surface area contributed by atoms with E-state index in [1.54, 1.807) is 0 Å². The highest BCUT2D eigenvalue weighted by Crippen LogP contribution is 2.25. The van der Waals surface area contributed by atoms with Gasteiger partial charge in [-0.3, -0.25) is 4.79 Å². The zero-order chi connectivity index (χ0) is 13.7. The van der Waals surface area contributed by atoms with Crippen molar-refractivity contribution in [3.63, 3.8) is 0 Å². The standard InChI is InChI=1S/C13H17Cl2N3O/c14-10-8-11(18-13(15)16-10)17-12(19)7-9-5-3-1-2-4-6-9/h8-9H,1-7H2,(H,16,17,18,19). The van der Waals surface area contributed by atoms with Crippen LogP contribution in [0.15, 0.2) is 6.07 Å².